The summed E-state index contributed by atoms with van der Waals surface area (Å²) in [7, 11) is -1.14. The lowest BCUT2D eigenvalue weighted by Crippen LogP contribution is -1.91. The Balaban J connectivity index is 0.000000108. The summed E-state index contributed by atoms with van der Waals surface area (Å²) in [6, 6.07) is 163. The molecule has 0 amide bonds. The van der Waals surface area contributed by atoms with E-state index in [1.165, 1.54) is 223 Å². The summed E-state index contributed by atoms with van der Waals surface area (Å²) >= 11 is 0. The van der Waals surface area contributed by atoms with E-state index in [1.807, 2.05) is 12.1 Å². The Kier molecular flexibility index (Phi) is 18.5. The van der Waals surface area contributed by atoms with Crippen molar-refractivity contribution in [3.8, 4) is 88.5 Å². The van der Waals surface area contributed by atoms with Crippen LogP contribution in [0.1, 0.15) is 16.7 Å². The van der Waals surface area contributed by atoms with Crippen LogP contribution in [0.2, 0.25) is 0 Å². The maximum Gasteiger partial charge on any atom is 0.135 e. The van der Waals surface area contributed by atoms with E-state index in [4.69, 9.17) is 4.42 Å². The molecule has 25 rings (SSSR count). The average molecular weight is 1610 g/mol. The molecule has 582 valence electrons. The fourth-order valence-corrected chi connectivity index (χ4v) is 25.2. The van der Waals surface area contributed by atoms with E-state index in [9.17, 15) is 0 Å². The van der Waals surface area contributed by atoms with Crippen LogP contribution in [0, 0.1) is 20.8 Å². The lowest BCUT2D eigenvalue weighted by atomic mass is 9.85. The summed E-state index contributed by atoms with van der Waals surface area (Å²) in [4.78, 5) is 0. The Morgan fingerprint density at radius 2 is 0.435 bits per heavy atom. The summed E-state index contributed by atoms with van der Waals surface area (Å²) in [5.74, 6) is 0. The van der Waals surface area contributed by atoms with E-state index in [1.54, 1.807) is 0 Å². The molecule has 2 unspecified atom stereocenters. The molecule has 0 radical (unpaired) electrons. The zero-order chi connectivity index (χ0) is 82.5. The first-order valence-corrected chi connectivity index (χ1v) is 45.6. The van der Waals surface area contributed by atoms with Crippen LogP contribution in [0.5, 0.6) is 0 Å². The van der Waals surface area contributed by atoms with Gasteiger partial charge >= 0.3 is 0 Å². The molecule has 0 aliphatic carbocycles. The molecule has 0 spiro atoms. The minimum atomic E-state index is -0.578. The van der Waals surface area contributed by atoms with E-state index in [-0.39, 0.29) is 0 Å². The number of para-hydroxylation sites is 1. The first-order chi connectivity index (χ1) is 61.3. The van der Waals surface area contributed by atoms with E-state index in [0.717, 1.165) is 21.9 Å². The Labute approximate surface area is 722 Å². The van der Waals surface area contributed by atoms with Crippen LogP contribution >= 0.6 is 15.1 Å². The van der Waals surface area contributed by atoms with Gasteiger partial charge in [0.05, 0.1) is 0 Å². The van der Waals surface area contributed by atoms with Gasteiger partial charge in [0.2, 0.25) is 0 Å². The molecule has 3 heteroatoms. The number of fused-ring (bicyclic) bond motifs is 16. The third-order valence-corrected chi connectivity index (χ3v) is 30.7. The first-order valence-electron chi connectivity index (χ1n) is 42.9. The van der Waals surface area contributed by atoms with Gasteiger partial charge in [-0.3, -0.25) is 0 Å². The predicted molar refractivity (Wildman–Crippen MR) is 540 cm³/mol. The molecule has 124 heavy (non-hydrogen) atoms. The zero-order valence-corrected chi connectivity index (χ0v) is 70.7. The SMILES string of the molecule is Cc1ccc2c(-c3ccc(-c4ccccc4)cc3)c3ccccc3c(-c3ccc4oc5ccccc5c4c3)c2c1.Cc1ccc2c(-c3ccc4ccccc4c3)c3ccccc3c(-c3ccc4c(c3)c3ccccc3p4-c3ccccc3)c2c1.Cc1ccc2c(-c3ccccc3)c3ccccc3c(-c3ccc4c(c3)c3ccccc3p4-c3ccccc3)c2c1. The molecule has 0 aliphatic rings. The second-order valence-electron chi connectivity index (χ2n) is 33.1. The Morgan fingerprint density at radius 3 is 0.895 bits per heavy atom. The number of furan rings is 1. The third-order valence-electron chi connectivity index (χ3n) is 25.5. The lowest BCUT2D eigenvalue weighted by Gasteiger charge is -2.19. The fourth-order valence-electron chi connectivity index (χ4n) is 20.0. The lowest BCUT2D eigenvalue weighted by molar-refractivity contribution is 0.669. The molecule has 0 saturated heterocycles. The molecule has 2 atom stereocenters. The van der Waals surface area contributed by atoms with Crippen LogP contribution in [-0.4, -0.2) is 0 Å². The van der Waals surface area contributed by atoms with Crippen LogP contribution in [0.25, 0.3) is 228 Å². The number of benzene rings is 22. The summed E-state index contributed by atoms with van der Waals surface area (Å²) in [6.07, 6.45) is 0. The highest BCUT2D eigenvalue weighted by molar-refractivity contribution is 7.68. The highest BCUT2D eigenvalue weighted by Gasteiger charge is 2.25. The van der Waals surface area contributed by atoms with Gasteiger partial charge in [0.15, 0.2) is 0 Å². The van der Waals surface area contributed by atoms with Crippen molar-refractivity contribution in [1.29, 1.82) is 0 Å². The predicted octanol–water partition coefficient (Wildman–Crippen LogP) is 36.2. The van der Waals surface area contributed by atoms with Crippen molar-refractivity contribution in [1.82, 2.24) is 0 Å². The average Bonchev–Trinajstić information content (AvgIpc) is 1.14. The van der Waals surface area contributed by atoms with E-state index < -0.39 is 15.1 Å². The summed E-state index contributed by atoms with van der Waals surface area (Å²) in [5, 5.41) is 34.5. The summed E-state index contributed by atoms with van der Waals surface area (Å²) < 4.78 is 6.16. The number of hydrogen-bond donors (Lipinski definition) is 0. The van der Waals surface area contributed by atoms with Crippen molar-refractivity contribution in [2.75, 3.05) is 0 Å². The monoisotopic (exact) mass is 1610 g/mol. The molecular formula is C121H82OP2. The fraction of sp³-hybridized carbons (Fsp3) is 0.0248. The van der Waals surface area contributed by atoms with E-state index in [2.05, 4.69) is 451 Å². The van der Waals surface area contributed by atoms with E-state index in [0.29, 0.717) is 0 Å². The standard InChI is InChI=1S/C43H29P.C39H26O.C39H27P/c1-28-19-23-37-39(25-28)43(36-17-8-7-16-35(36)42(37)31-21-20-29-11-5-6-12-30(29)26-31)32-22-24-41-38(27-32)34-15-9-10-18-40(34)44(41)33-13-3-2-4-14-33;1-25-15-21-33-35(23-25)39(29-20-22-37-34(24-29)30-11-7-8-14-36(30)40-37)32-13-6-5-12-31(32)38(33)28-18-16-27(17-19-28)26-9-3-2-4-10-26;1-26-20-22-33-35(24-26)39(32-18-9-8-17-31(32)38(33)27-12-4-2-5-13-27)28-21-23-37-34(25-28)30-16-10-11-19-36(30)40(37)29-14-6-3-7-15-29/h2-27H,1H3;2-24H,1H3;2-25H,1H3. The van der Waals surface area contributed by atoms with Gasteiger partial charge in [0.1, 0.15) is 11.2 Å². The van der Waals surface area contributed by atoms with Gasteiger partial charge in [0.25, 0.3) is 0 Å². The van der Waals surface area contributed by atoms with Crippen molar-refractivity contribution in [2.24, 2.45) is 0 Å². The number of rotatable bonds is 9. The van der Waals surface area contributed by atoms with Gasteiger partial charge in [-0.2, -0.15) is 0 Å². The van der Waals surface area contributed by atoms with Crippen molar-refractivity contribution in [2.45, 2.75) is 20.8 Å². The molecule has 1 nitrogen and oxygen atoms in total. The first kappa shape index (κ1) is 74.1. The van der Waals surface area contributed by atoms with Crippen LogP contribution in [0.15, 0.2) is 447 Å². The van der Waals surface area contributed by atoms with Gasteiger partial charge in [-0.05, 0) is 255 Å². The van der Waals surface area contributed by atoms with Crippen LogP contribution in [-0.2, 0) is 0 Å². The minimum Gasteiger partial charge on any atom is -0.456 e. The molecule has 3 aromatic heterocycles. The normalized spacial score (nSPS) is 12.0. The van der Waals surface area contributed by atoms with Crippen LogP contribution in [0.3, 0.4) is 0 Å². The van der Waals surface area contributed by atoms with Gasteiger partial charge in [-0.15, -0.1) is 0 Å². The smallest absolute Gasteiger partial charge is 0.135 e. The van der Waals surface area contributed by atoms with Crippen molar-refractivity contribution in [3.63, 3.8) is 0 Å². The van der Waals surface area contributed by atoms with Gasteiger partial charge in [0, 0.05) is 31.2 Å². The topological polar surface area (TPSA) is 13.1 Å². The molecule has 0 N–H and O–H groups in total. The molecule has 0 aliphatic heterocycles. The quantitative estimate of drug-likeness (QED) is 0.131. The molecule has 25 aromatic rings. The number of hydrogen-bond acceptors (Lipinski definition) is 1. The summed E-state index contributed by atoms with van der Waals surface area (Å²) in [6.45, 7) is 6.59. The van der Waals surface area contributed by atoms with Crippen molar-refractivity contribution < 1.29 is 4.42 Å². The second-order valence-corrected chi connectivity index (χ2v) is 37.4. The zero-order valence-electron chi connectivity index (χ0n) is 68.9. The third kappa shape index (κ3) is 12.8. The van der Waals surface area contributed by atoms with Crippen molar-refractivity contribution in [3.05, 3.63) is 460 Å². The molecule has 22 aromatic carbocycles. The maximum absolute atomic E-state index is 6.16. The number of aryl methyl sites for hydroxylation is 3. The molecule has 0 bridgehead atoms. The maximum atomic E-state index is 6.16. The highest BCUT2D eigenvalue weighted by Crippen LogP contribution is 2.59. The van der Waals surface area contributed by atoms with Gasteiger partial charge < -0.3 is 4.42 Å². The Morgan fingerprint density at radius 1 is 0.153 bits per heavy atom. The Hall–Kier alpha value is -14.9. The van der Waals surface area contributed by atoms with Gasteiger partial charge in [-0.1, -0.05) is 426 Å². The van der Waals surface area contributed by atoms with Crippen molar-refractivity contribution >= 4 is 154 Å². The van der Waals surface area contributed by atoms with Crippen LogP contribution < -0.4 is 0 Å². The molecule has 3 heterocycles. The van der Waals surface area contributed by atoms with E-state index >= 15 is 0 Å². The summed E-state index contributed by atoms with van der Waals surface area (Å²) in [5.41, 5.74) is 23.5. The molecule has 0 saturated carbocycles. The molecular weight excluding hydrogens is 1530 g/mol. The van der Waals surface area contributed by atoms with Crippen LogP contribution in [0.4, 0.5) is 0 Å². The largest absolute Gasteiger partial charge is 0.456 e. The molecule has 0 fully saturated rings. The van der Waals surface area contributed by atoms with Gasteiger partial charge in [-0.25, -0.2) is 0 Å². The second kappa shape index (κ2) is 30.9. The minimum absolute atomic E-state index is 0.563. The highest BCUT2D eigenvalue weighted by atomic mass is 31.1. The Bertz CT molecular complexity index is 8530.